The van der Waals surface area contributed by atoms with Crippen molar-refractivity contribution in [2.24, 2.45) is 4.99 Å². The van der Waals surface area contributed by atoms with Crippen LogP contribution in [0.5, 0.6) is 0 Å². The first-order valence-corrected chi connectivity index (χ1v) is 8.91. The number of halogens is 2. The molecule has 3 aromatic rings. The molecule has 1 aromatic heterocycles. The first-order chi connectivity index (χ1) is 12.7. The molecule has 1 aliphatic heterocycles. The van der Waals surface area contributed by atoms with Crippen molar-refractivity contribution in [3.05, 3.63) is 94.5 Å². The van der Waals surface area contributed by atoms with Gasteiger partial charge in [-0.05, 0) is 41.8 Å². The lowest BCUT2D eigenvalue weighted by molar-refractivity contribution is 0.315. The molecule has 0 saturated heterocycles. The van der Waals surface area contributed by atoms with Crippen molar-refractivity contribution >= 4 is 17.5 Å². The van der Waals surface area contributed by atoms with Crippen molar-refractivity contribution in [2.75, 3.05) is 6.61 Å². The van der Waals surface area contributed by atoms with Gasteiger partial charge >= 0.3 is 0 Å². The number of rotatable bonds is 5. The number of benzene rings is 2. The van der Waals surface area contributed by atoms with Crippen LogP contribution in [-0.4, -0.2) is 23.1 Å². The fourth-order valence-electron chi connectivity index (χ4n) is 3.13. The summed E-state index contributed by atoms with van der Waals surface area (Å²) in [7, 11) is 0. The van der Waals surface area contributed by atoms with Crippen molar-refractivity contribution in [1.82, 2.24) is 4.57 Å². The van der Waals surface area contributed by atoms with Crippen LogP contribution in [0.2, 0.25) is 5.02 Å². The Morgan fingerprint density at radius 1 is 1.12 bits per heavy atom. The van der Waals surface area contributed by atoms with Crippen molar-refractivity contribution in [3.63, 3.8) is 0 Å². The molecule has 0 saturated carbocycles. The van der Waals surface area contributed by atoms with Gasteiger partial charge in [0.2, 0.25) is 5.90 Å². The number of nitrogens with zero attached hydrogens (tertiary/aromatic N) is 2. The van der Waals surface area contributed by atoms with Gasteiger partial charge in [-0.2, -0.15) is 0 Å². The van der Waals surface area contributed by atoms with E-state index in [2.05, 4.69) is 12.1 Å². The minimum absolute atomic E-state index is 0.116. The molecule has 1 aliphatic rings. The van der Waals surface area contributed by atoms with Crippen LogP contribution in [-0.2, 0) is 17.7 Å². The highest BCUT2D eigenvalue weighted by atomic mass is 35.5. The quantitative estimate of drug-likeness (QED) is 0.640. The van der Waals surface area contributed by atoms with Crippen LogP contribution in [0.15, 0.2) is 71.9 Å². The molecule has 0 spiro atoms. The molecule has 2 heterocycles. The second kappa shape index (κ2) is 7.34. The molecule has 0 unspecified atom stereocenters. The molecular weight excluding hydrogens is 351 g/mol. The predicted octanol–water partition coefficient (Wildman–Crippen LogP) is 4.72. The highest BCUT2D eigenvalue weighted by Crippen LogP contribution is 2.21. The topological polar surface area (TPSA) is 26.5 Å². The molecule has 5 heteroatoms. The summed E-state index contributed by atoms with van der Waals surface area (Å²) in [5.41, 5.74) is 3.01. The van der Waals surface area contributed by atoms with E-state index in [0.29, 0.717) is 24.1 Å². The Labute approximate surface area is 156 Å². The molecule has 3 nitrogen and oxygen atoms in total. The van der Waals surface area contributed by atoms with Gasteiger partial charge < -0.3 is 9.30 Å². The lowest BCUT2D eigenvalue weighted by atomic mass is 10.1. The molecule has 26 heavy (non-hydrogen) atoms. The van der Waals surface area contributed by atoms with Gasteiger partial charge in [0.1, 0.15) is 18.1 Å². The summed E-state index contributed by atoms with van der Waals surface area (Å²) in [6.45, 7) is 1.11. The average Bonchev–Trinajstić information content (AvgIpc) is 3.27. The normalized spacial score (nSPS) is 16.4. The van der Waals surface area contributed by atoms with Gasteiger partial charge in [0.15, 0.2) is 0 Å². The smallest absolute Gasteiger partial charge is 0.233 e. The van der Waals surface area contributed by atoms with Crippen LogP contribution in [0.25, 0.3) is 0 Å². The number of aromatic nitrogens is 1. The van der Waals surface area contributed by atoms with E-state index in [-0.39, 0.29) is 11.9 Å². The van der Waals surface area contributed by atoms with Crippen LogP contribution in [0.4, 0.5) is 4.39 Å². The Hall–Kier alpha value is -2.59. The third-order valence-electron chi connectivity index (χ3n) is 4.43. The Morgan fingerprint density at radius 3 is 2.77 bits per heavy atom. The van der Waals surface area contributed by atoms with Gasteiger partial charge in [-0.1, -0.05) is 48.0 Å². The zero-order valence-electron chi connectivity index (χ0n) is 14.1. The molecule has 1 atom stereocenters. The van der Waals surface area contributed by atoms with Gasteiger partial charge in [-0.15, -0.1) is 0 Å². The number of ether oxygens (including phenoxy) is 1. The Kier molecular flexibility index (Phi) is 4.76. The molecule has 0 aliphatic carbocycles. The Balaban J connectivity index is 1.52. The summed E-state index contributed by atoms with van der Waals surface area (Å²) < 4.78 is 21.1. The van der Waals surface area contributed by atoms with Crippen LogP contribution in [0, 0.1) is 5.82 Å². The van der Waals surface area contributed by atoms with Gasteiger partial charge in [0.05, 0.1) is 6.04 Å². The summed E-state index contributed by atoms with van der Waals surface area (Å²) in [5.74, 6) is 0.313. The molecule has 0 bridgehead atoms. The fourth-order valence-corrected chi connectivity index (χ4v) is 3.35. The van der Waals surface area contributed by atoms with E-state index in [4.69, 9.17) is 21.3 Å². The van der Waals surface area contributed by atoms with E-state index in [0.717, 1.165) is 17.7 Å². The highest BCUT2D eigenvalue weighted by Gasteiger charge is 2.22. The van der Waals surface area contributed by atoms with Crippen molar-refractivity contribution in [2.45, 2.75) is 19.0 Å². The van der Waals surface area contributed by atoms with Crippen molar-refractivity contribution in [1.29, 1.82) is 0 Å². The van der Waals surface area contributed by atoms with E-state index < -0.39 is 0 Å². The molecular formula is C21H18ClFN2O. The first-order valence-electron chi connectivity index (χ1n) is 8.53. The predicted molar refractivity (Wildman–Crippen MR) is 101 cm³/mol. The summed E-state index contributed by atoms with van der Waals surface area (Å²) in [4.78, 5) is 4.75. The van der Waals surface area contributed by atoms with E-state index >= 15 is 0 Å². The minimum atomic E-state index is -0.335. The monoisotopic (exact) mass is 368 g/mol. The first kappa shape index (κ1) is 16.9. The Morgan fingerprint density at radius 2 is 1.96 bits per heavy atom. The van der Waals surface area contributed by atoms with Gasteiger partial charge in [-0.3, -0.25) is 0 Å². The van der Waals surface area contributed by atoms with E-state index in [1.807, 2.05) is 41.1 Å². The Bertz CT molecular complexity index is 936. The largest absolute Gasteiger partial charge is 0.474 e. The second-order valence-corrected chi connectivity index (χ2v) is 6.75. The van der Waals surface area contributed by atoms with Crippen molar-refractivity contribution in [3.8, 4) is 0 Å². The fraction of sp³-hybridized carbons (Fsp3) is 0.190. The van der Waals surface area contributed by atoms with E-state index in [1.54, 1.807) is 6.07 Å². The summed E-state index contributed by atoms with van der Waals surface area (Å²) in [6.07, 6.45) is 2.81. The third-order valence-corrected chi connectivity index (χ3v) is 4.78. The summed E-state index contributed by atoms with van der Waals surface area (Å²) in [5, 5.41) is 0.417. The standard InChI is InChI=1S/C21H18ClFN2O/c22-19-12-17(23)9-8-16(19)13-25-10-4-7-20(25)21-24-18(14-26-21)11-15-5-2-1-3-6-15/h1-10,12,18H,11,13-14H2/t18-/m0/s1. The summed E-state index contributed by atoms with van der Waals surface area (Å²) >= 11 is 6.16. The number of aliphatic imine (C=N–C) groups is 1. The summed E-state index contributed by atoms with van der Waals surface area (Å²) in [6, 6.07) is 18.8. The molecule has 4 rings (SSSR count). The van der Waals surface area contributed by atoms with Crippen molar-refractivity contribution < 1.29 is 9.13 Å². The zero-order valence-corrected chi connectivity index (χ0v) is 14.9. The zero-order chi connectivity index (χ0) is 17.9. The van der Waals surface area contributed by atoms with Gasteiger partial charge in [-0.25, -0.2) is 9.38 Å². The van der Waals surface area contributed by atoms with E-state index in [9.17, 15) is 4.39 Å². The van der Waals surface area contributed by atoms with Gasteiger partial charge in [0, 0.05) is 17.8 Å². The lowest BCUT2D eigenvalue weighted by Crippen LogP contribution is -2.11. The van der Waals surface area contributed by atoms with Crippen LogP contribution < -0.4 is 0 Å². The maximum absolute atomic E-state index is 13.2. The third kappa shape index (κ3) is 3.65. The molecule has 132 valence electrons. The molecule has 0 radical (unpaired) electrons. The van der Waals surface area contributed by atoms with Crippen LogP contribution in [0.3, 0.4) is 0 Å². The molecule has 0 N–H and O–H groups in total. The molecule has 0 amide bonds. The lowest BCUT2D eigenvalue weighted by Gasteiger charge is -2.10. The molecule has 2 aromatic carbocycles. The molecule has 0 fully saturated rings. The SMILES string of the molecule is Fc1ccc(Cn2cccc2C2=N[C@@H](Cc3ccccc3)CO2)c(Cl)c1. The number of hydrogen-bond acceptors (Lipinski definition) is 2. The number of hydrogen-bond donors (Lipinski definition) is 0. The van der Waals surface area contributed by atoms with E-state index in [1.165, 1.54) is 17.7 Å². The van der Waals surface area contributed by atoms with Crippen LogP contribution >= 0.6 is 11.6 Å². The second-order valence-electron chi connectivity index (χ2n) is 6.35. The van der Waals surface area contributed by atoms with Gasteiger partial charge in [0.25, 0.3) is 0 Å². The van der Waals surface area contributed by atoms with Crippen LogP contribution in [0.1, 0.15) is 16.8 Å². The average molecular weight is 369 g/mol. The highest BCUT2D eigenvalue weighted by molar-refractivity contribution is 6.31. The maximum atomic E-state index is 13.2. The minimum Gasteiger partial charge on any atom is -0.474 e. The maximum Gasteiger partial charge on any atom is 0.233 e.